The van der Waals surface area contributed by atoms with Gasteiger partial charge in [-0.05, 0) is 35.2 Å². The maximum Gasteiger partial charge on any atom is 0.389 e. The van der Waals surface area contributed by atoms with Crippen LogP contribution in [0.1, 0.15) is 30.9 Å². The van der Waals surface area contributed by atoms with E-state index in [4.69, 9.17) is 0 Å². The fourth-order valence-corrected chi connectivity index (χ4v) is 2.92. The monoisotopic (exact) mass is 274 g/mol. The van der Waals surface area contributed by atoms with Gasteiger partial charge < -0.3 is 5.11 Å². The van der Waals surface area contributed by atoms with Gasteiger partial charge in [-0.15, -0.1) is 11.3 Å². The van der Waals surface area contributed by atoms with Crippen LogP contribution in [-0.2, 0) is 0 Å². The number of rotatable bonds is 4. The minimum absolute atomic E-state index is 0.0468. The molecule has 0 saturated carbocycles. The van der Waals surface area contributed by atoms with Crippen LogP contribution in [0.25, 0.3) is 10.1 Å². The molecule has 0 saturated heterocycles. The molecule has 1 unspecified atom stereocenters. The van der Waals surface area contributed by atoms with Crippen molar-refractivity contribution in [3.63, 3.8) is 0 Å². The first-order valence-corrected chi connectivity index (χ1v) is 6.56. The lowest BCUT2D eigenvalue weighted by molar-refractivity contribution is -0.136. The zero-order chi connectivity index (χ0) is 13.2. The predicted octanol–water partition coefficient (Wildman–Crippen LogP) is 4.67. The normalized spacial score (nSPS) is 14.0. The Bertz CT molecular complexity index is 518. The quantitative estimate of drug-likeness (QED) is 0.859. The van der Waals surface area contributed by atoms with E-state index in [1.165, 1.54) is 11.3 Å². The Kier molecular flexibility index (Phi) is 3.92. The van der Waals surface area contributed by atoms with Gasteiger partial charge >= 0.3 is 6.18 Å². The summed E-state index contributed by atoms with van der Waals surface area (Å²) in [6.45, 7) is 0. The van der Waals surface area contributed by atoms with Gasteiger partial charge in [0, 0.05) is 11.1 Å². The summed E-state index contributed by atoms with van der Waals surface area (Å²) < 4.78 is 37.1. The molecule has 98 valence electrons. The Morgan fingerprint density at radius 2 is 1.94 bits per heavy atom. The Balaban J connectivity index is 2.03. The van der Waals surface area contributed by atoms with Gasteiger partial charge in [-0.2, -0.15) is 13.2 Å². The van der Waals surface area contributed by atoms with Crippen LogP contribution in [-0.4, -0.2) is 11.3 Å². The molecule has 18 heavy (non-hydrogen) atoms. The van der Waals surface area contributed by atoms with Crippen molar-refractivity contribution in [3.05, 3.63) is 35.2 Å². The molecular formula is C13H13F3OS. The largest absolute Gasteiger partial charge is 0.389 e. The number of benzene rings is 1. The van der Waals surface area contributed by atoms with Crippen molar-refractivity contribution in [3.8, 4) is 0 Å². The lowest BCUT2D eigenvalue weighted by Gasteiger charge is -2.11. The van der Waals surface area contributed by atoms with Gasteiger partial charge in [-0.1, -0.05) is 18.2 Å². The third-order valence-electron chi connectivity index (χ3n) is 2.81. The van der Waals surface area contributed by atoms with Gasteiger partial charge in [0.1, 0.15) is 0 Å². The molecule has 0 spiro atoms. The summed E-state index contributed by atoms with van der Waals surface area (Å²) in [5.74, 6) is 0. The average molecular weight is 274 g/mol. The van der Waals surface area contributed by atoms with Crippen LogP contribution in [0.5, 0.6) is 0 Å². The van der Waals surface area contributed by atoms with E-state index in [-0.39, 0.29) is 12.8 Å². The second-order valence-corrected chi connectivity index (χ2v) is 5.12. The standard InChI is InChI=1S/C13H13F3OS/c14-13(15,16)7-3-5-11(17)10-8-18-12-6-2-1-4-9(10)12/h1-2,4,6,8,11,17H,3,5,7H2. The number of halogens is 3. The first-order valence-electron chi connectivity index (χ1n) is 5.68. The van der Waals surface area contributed by atoms with Crippen LogP contribution in [0.4, 0.5) is 13.2 Å². The first-order chi connectivity index (χ1) is 8.47. The maximum atomic E-state index is 12.0. The summed E-state index contributed by atoms with van der Waals surface area (Å²) in [5.41, 5.74) is 0.734. The molecule has 1 heterocycles. The molecule has 0 aliphatic carbocycles. The molecule has 0 aliphatic heterocycles. The van der Waals surface area contributed by atoms with Crippen LogP contribution in [0.15, 0.2) is 29.6 Å². The van der Waals surface area contributed by atoms with Crippen molar-refractivity contribution in [1.29, 1.82) is 0 Å². The van der Waals surface area contributed by atoms with Crippen molar-refractivity contribution in [2.75, 3.05) is 0 Å². The number of hydrogen-bond donors (Lipinski definition) is 1. The van der Waals surface area contributed by atoms with Crippen LogP contribution < -0.4 is 0 Å². The number of hydrogen-bond acceptors (Lipinski definition) is 2. The van der Waals surface area contributed by atoms with Gasteiger partial charge in [0.25, 0.3) is 0 Å². The molecule has 5 heteroatoms. The predicted molar refractivity (Wildman–Crippen MR) is 66.7 cm³/mol. The molecule has 1 aromatic carbocycles. The van der Waals surface area contributed by atoms with Gasteiger partial charge in [0.15, 0.2) is 0 Å². The molecule has 1 nitrogen and oxygen atoms in total. The molecule has 1 atom stereocenters. The molecule has 1 N–H and O–H groups in total. The van der Waals surface area contributed by atoms with Crippen LogP contribution in [0.3, 0.4) is 0 Å². The van der Waals surface area contributed by atoms with Gasteiger partial charge in [0.2, 0.25) is 0 Å². The van der Waals surface area contributed by atoms with E-state index < -0.39 is 18.7 Å². The van der Waals surface area contributed by atoms with Crippen molar-refractivity contribution in [2.24, 2.45) is 0 Å². The van der Waals surface area contributed by atoms with Crippen LogP contribution >= 0.6 is 11.3 Å². The van der Waals surface area contributed by atoms with E-state index in [2.05, 4.69) is 0 Å². The molecular weight excluding hydrogens is 261 g/mol. The third-order valence-corrected chi connectivity index (χ3v) is 3.79. The van der Waals surface area contributed by atoms with Crippen LogP contribution in [0.2, 0.25) is 0 Å². The molecule has 2 rings (SSSR count). The topological polar surface area (TPSA) is 20.2 Å². The van der Waals surface area contributed by atoms with E-state index in [1.54, 1.807) is 0 Å². The molecule has 0 fully saturated rings. The Hall–Kier alpha value is -1.07. The summed E-state index contributed by atoms with van der Waals surface area (Å²) >= 11 is 1.50. The number of alkyl halides is 3. The minimum atomic E-state index is -4.14. The summed E-state index contributed by atoms with van der Waals surface area (Å²) in [6, 6.07) is 7.58. The number of aliphatic hydroxyl groups is 1. The Morgan fingerprint density at radius 1 is 1.22 bits per heavy atom. The third kappa shape index (κ3) is 3.23. The second kappa shape index (κ2) is 5.28. The molecule has 0 radical (unpaired) electrons. The number of thiophene rings is 1. The molecule has 0 bridgehead atoms. The van der Waals surface area contributed by atoms with Crippen LogP contribution in [0, 0.1) is 0 Å². The second-order valence-electron chi connectivity index (χ2n) is 4.21. The van der Waals surface area contributed by atoms with E-state index in [9.17, 15) is 18.3 Å². The van der Waals surface area contributed by atoms with E-state index in [0.29, 0.717) is 0 Å². The Labute approximate surface area is 107 Å². The average Bonchev–Trinajstić information content (AvgIpc) is 2.70. The van der Waals surface area contributed by atoms with E-state index >= 15 is 0 Å². The highest BCUT2D eigenvalue weighted by Gasteiger charge is 2.26. The maximum absolute atomic E-state index is 12.0. The molecule has 0 aliphatic rings. The summed E-state index contributed by atoms with van der Waals surface area (Å²) in [7, 11) is 0. The van der Waals surface area contributed by atoms with Crippen molar-refractivity contribution >= 4 is 21.4 Å². The molecule has 2 aromatic rings. The summed E-state index contributed by atoms with van der Waals surface area (Å²) in [4.78, 5) is 0. The smallest absolute Gasteiger partial charge is 0.388 e. The number of fused-ring (bicyclic) bond motifs is 1. The highest BCUT2D eigenvalue weighted by molar-refractivity contribution is 7.17. The first kappa shape index (κ1) is 13.4. The zero-order valence-corrected chi connectivity index (χ0v) is 10.4. The highest BCUT2D eigenvalue weighted by Crippen LogP contribution is 2.33. The summed E-state index contributed by atoms with van der Waals surface area (Å²) in [5, 5.41) is 12.7. The molecule has 1 aromatic heterocycles. The lowest BCUT2D eigenvalue weighted by Crippen LogP contribution is -2.07. The van der Waals surface area contributed by atoms with Crippen molar-refractivity contribution < 1.29 is 18.3 Å². The fraction of sp³-hybridized carbons (Fsp3) is 0.385. The van der Waals surface area contributed by atoms with E-state index in [0.717, 1.165) is 15.6 Å². The van der Waals surface area contributed by atoms with Gasteiger partial charge in [-0.3, -0.25) is 0 Å². The van der Waals surface area contributed by atoms with Crippen molar-refractivity contribution in [1.82, 2.24) is 0 Å². The highest BCUT2D eigenvalue weighted by atomic mass is 32.1. The zero-order valence-electron chi connectivity index (χ0n) is 9.57. The van der Waals surface area contributed by atoms with Gasteiger partial charge in [-0.25, -0.2) is 0 Å². The number of aliphatic hydroxyl groups excluding tert-OH is 1. The molecule has 0 amide bonds. The van der Waals surface area contributed by atoms with Gasteiger partial charge in [0.05, 0.1) is 6.10 Å². The SMILES string of the molecule is OC(CCCC(F)(F)F)c1csc2ccccc12. The Morgan fingerprint density at radius 3 is 2.67 bits per heavy atom. The lowest BCUT2D eigenvalue weighted by atomic mass is 10.0. The summed E-state index contributed by atoms with van der Waals surface area (Å²) in [6.07, 6.45) is -5.71. The van der Waals surface area contributed by atoms with E-state index in [1.807, 2.05) is 29.6 Å². The minimum Gasteiger partial charge on any atom is -0.388 e. The van der Waals surface area contributed by atoms with Crippen molar-refractivity contribution in [2.45, 2.75) is 31.5 Å². The fourth-order valence-electron chi connectivity index (χ4n) is 1.91.